The molecule has 2 atom stereocenters. The van der Waals surface area contributed by atoms with Gasteiger partial charge in [0.15, 0.2) is 0 Å². The molecule has 0 aromatic heterocycles. The van der Waals surface area contributed by atoms with E-state index in [4.69, 9.17) is 23.2 Å². The number of rotatable bonds is 5. The van der Waals surface area contributed by atoms with Crippen molar-refractivity contribution in [1.29, 1.82) is 0 Å². The van der Waals surface area contributed by atoms with Crippen molar-refractivity contribution in [3.63, 3.8) is 0 Å². The number of aliphatic hydroxyl groups excluding tert-OH is 2. The van der Waals surface area contributed by atoms with Gasteiger partial charge in [-0.2, -0.15) is 0 Å². The second-order valence-corrected chi connectivity index (χ2v) is 4.51. The molecular weight excluding hydrogens is 308 g/mol. The van der Waals surface area contributed by atoms with Crippen molar-refractivity contribution >= 4 is 23.2 Å². The normalized spacial score (nSPS) is 15.1. The molecule has 8 heteroatoms. The van der Waals surface area contributed by atoms with Crippen molar-refractivity contribution in [2.75, 3.05) is 5.88 Å². The summed E-state index contributed by atoms with van der Waals surface area (Å²) in [6.07, 6.45) is -7.17. The molecule has 108 valence electrons. The summed E-state index contributed by atoms with van der Waals surface area (Å²) in [7, 11) is 0. The van der Waals surface area contributed by atoms with Gasteiger partial charge >= 0.3 is 6.36 Å². The molecule has 0 aliphatic rings. The van der Waals surface area contributed by atoms with Crippen molar-refractivity contribution in [2.45, 2.75) is 25.0 Å². The van der Waals surface area contributed by atoms with Crippen molar-refractivity contribution in [1.82, 2.24) is 0 Å². The zero-order valence-corrected chi connectivity index (χ0v) is 11.0. The third-order valence-corrected chi connectivity index (χ3v) is 2.84. The molecule has 0 radical (unpaired) electrons. The third kappa shape index (κ3) is 5.06. The maximum Gasteiger partial charge on any atom is 0.573 e. The number of benzene rings is 1. The summed E-state index contributed by atoms with van der Waals surface area (Å²) in [5.74, 6) is -0.370. The molecule has 0 bridgehead atoms. The van der Waals surface area contributed by atoms with E-state index in [1.165, 1.54) is 0 Å². The van der Waals surface area contributed by atoms with E-state index in [-0.39, 0.29) is 22.9 Å². The number of alkyl halides is 4. The fourth-order valence-electron chi connectivity index (χ4n) is 1.42. The largest absolute Gasteiger partial charge is 0.573 e. The highest BCUT2D eigenvalue weighted by atomic mass is 35.5. The Hall–Kier alpha value is -0.690. The standard InChI is InChI=1S/C11H11Cl2F3O3/c12-4-3-9(17)10(18)7-2-1-6(5-8(7)13)19-11(14,15)16/h1-2,5,9-10,17-18H,3-4H2. The maximum atomic E-state index is 12.0. The summed E-state index contributed by atoms with van der Waals surface area (Å²) in [5.41, 5.74) is 0.105. The van der Waals surface area contributed by atoms with Crippen molar-refractivity contribution < 1.29 is 28.1 Å². The molecule has 0 aliphatic heterocycles. The predicted molar refractivity (Wildman–Crippen MR) is 64.4 cm³/mol. The predicted octanol–water partition coefficient (Wildman–Crippen LogP) is 3.26. The van der Waals surface area contributed by atoms with Crippen molar-refractivity contribution in [2.24, 2.45) is 0 Å². The first-order chi connectivity index (χ1) is 8.74. The zero-order valence-electron chi connectivity index (χ0n) is 9.49. The van der Waals surface area contributed by atoms with Crippen LogP contribution in [0, 0.1) is 0 Å². The van der Waals surface area contributed by atoms with E-state index >= 15 is 0 Å². The highest BCUT2D eigenvalue weighted by molar-refractivity contribution is 6.31. The van der Waals surface area contributed by atoms with Crippen LogP contribution in [0.5, 0.6) is 5.75 Å². The van der Waals surface area contributed by atoms with E-state index < -0.39 is 24.3 Å². The lowest BCUT2D eigenvalue weighted by molar-refractivity contribution is -0.274. The second kappa shape index (κ2) is 6.65. The Labute approximate surface area is 117 Å². The molecule has 3 nitrogen and oxygen atoms in total. The molecule has 0 fully saturated rings. The van der Waals surface area contributed by atoms with Crippen LogP contribution in [0.4, 0.5) is 13.2 Å². The van der Waals surface area contributed by atoms with Crippen LogP contribution in [-0.2, 0) is 0 Å². The molecule has 1 aromatic rings. The summed E-state index contributed by atoms with van der Waals surface area (Å²) < 4.78 is 39.6. The van der Waals surface area contributed by atoms with E-state index in [9.17, 15) is 23.4 Å². The van der Waals surface area contributed by atoms with Gasteiger partial charge in [-0.05, 0) is 18.6 Å². The van der Waals surface area contributed by atoms with Crippen molar-refractivity contribution in [3.05, 3.63) is 28.8 Å². The number of ether oxygens (including phenoxy) is 1. The first-order valence-electron chi connectivity index (χ1n) is 5.22. The lowest BCUT2D eigenvalue weighted by Crippen LogP contribution is -2.19. The molecule has 0 heterocycles. The van der Waals surface area contributed by atoms with Gasteiger partial charge in [-0.15, -0.1) is 24.8 Å². The minimum Gasteiger partial charge on any atom is -0.406 e. The van der Waals surface area contributed by atoms with E-state index in [1.807, 2.05) is 0 Å². The average Bonchev–Trinajstić information content (AvgIpc) is 2.26. The Morgan fingerprint density at radius 2 is 1.89 bits per heavy atom. The minimum atomic E-state index is -4.82. The lowest BCUT2D eigenvalue weighted by Gasteiger charge is -2.19. The van der Waals surface area contributed by atoms with Gasteiger partial charge in [0, 0.05) is 11.4 Å². The fourth-order valence-corrected chi connectivity index (χ4v) is 1.93. The SMILES string of the molecule is OC(CCCl)C(O)c1ccc(OC(F)(F)F)cc1Cl. The van der Waals surface area contributed by atoms with Crippen LogP contribution in [0.15, 0.2) is 18.2 Å². The van der Waals surface area contributed by atoms with E-state index in [0.717, 1.165) is 18.2 Å². The molecule has 1 rings (SSSR count). The van der Waals surface area contributed by atoms with Crippen LogP contribution in [0.1, 0.15) is 18.1 Å². The molecule has 2 N–H and O–H groups in total. The van der Waals surface area contributed by atoms with Gasteiger partial charge in [0.2, 0.25) is 0 Å². The van der Waals surface area contributed by atoms with Gasteiger partial charge in [-0.3, -0.25) is 0 Å². The summed E-state index contributed by atoms with van der Waals surface area (Å²) in [6, 6.07) is 3.08. The number of aliphatic hydroxyl groups is 2. The molecule has 0 spiro atoms. The Balaban J connectivity index is 2.88. The number of hydrogen-bond donors (Lipinski definition) is 2. The molecule has 0 aliphatic carbocycles. The quantitative estimate of drug-likeness (QED) is 0.819. The first-order valence-corrected chi connectivity index (χ1v) is 6.13. The molecule has 0 saturated heterocycles. The topological polar surface area (TPSA) is 49.7 Å². The van der Waals surface area contributed by atoms with Gasteiger partial charge < -0.3 is 14.9 Å². The Morgan fingerprint density at radius 1 is 1.26 bits per heavy atom. The summed E-state index contributed by atoms with van der Waals surface area (Å²) >= 11 is 11.2. The van der Waals surface area contributed by atoms with Crippen LogP contribution < -0.4 is 4.74 Å². The summed E-state index contributed by atoms with van der Waals surface area (Å²) in [5, 5.41) is 19.2. The zero-order chi connectivity index (χ0) is 14.6. The van der Waals surface area contributed by atoms with Crippen LogP contribution in [0.3, 0.4) is 0 Å². The molecule has 0 saturated carbocycles. The second-order valence-electron chi connectivity index (χ2n) is 3.72. The van der Waals surface area contributed by atoms with Crippen LogP contribution >= 0.6 is 23.2 Å². The molecular formula is C11H11Cl2F3O3. The van der Waals surface area contributed by atoms with E-state index in [0.29, 0.717) is 0 Å². The Kier molecular flexibility index (Phi) is 5.73. The highest BCUT2D eigenvalue weighted by Crippen LogP contribution is 2.32. The minimum absolute atomic E-state index is 0.105. The third-order valence-electron chi connectivity index (χ3n) is 2.29. The lowest BCUT2D eigenvalue weighted by atomic mass is 10.0. The van der Waals surface area contributed by atoms with E-state index in [2.05, 4.69) is 4.74 Å². The molecule has 2 unspecified atom stereocenters. The van der Waals surface area contributed by atoms with Crippen molar-refractivity contribution in [3.8, 4) is 5.75 Å². The average molecular weight is 319 g/mol. The first kappa shape index (κ1) is 16.4. The fraction of sp³-hybridized carbons (Fsp3) is 0.455. The van der Waals surface area contributed by atoms with E-state index in [1.54, 1.807) is 0 Å². The Bertz CT molecular complexity index is 426. The van der Waals surface area contributed by atoms with Gasteiger partial charge in [-0.1, -0.05) is 17.7 Å². The highest BCUT2D eigenvalue weighted by Gasteiger charge is 2.31. The van der Waals surface area contributed by atoms with Gasteiger partial charge in [0.05, 0.1) is 11.1 Å². The van der Waals surface area contributed by atoms with Gasteiger partial charge in [0.25, 0.3) is 0 Å². The van der Waals surface area contributed by atoms with Crippen LogP contribution in [0.25, 0.3) is 0 Å². The maximum absolute atomic E-state index is 12.0. The molecule has 1 aromatic carbocycles. The summed E-state index contributed by atoms with van der Waals surface area (Å²) in [4.78, 5) is 0. The monoisotopic (exact) mass is 318 g/mol. The molecule has 19 heavy (non-hydrogen) atoms. The van der Waals surface area contributed by atoms with Gasteiger partial charge in [-0.25, -0.2) is 0 Å². The van der Waals surface area contributed by atoms with Gasteiger partial charge in [0.1, 0.15) is 11.9 Å². The Morgan fingerprint density at radius 3 is 2.37 bits per heavy atom. The number of hydrogen-bond acceptors (Lipinski definition) is 3. The number of halogens is 5. The smallest absolute Gasteiger partial charge is 0.406 e. The van der Waals surface area contributed by atoms with Crippen LogP contribution in [0.2, 0.25) is 5.02 Å². The summed E-state index contributed by atoms with van der Waals surface area (Å²) in [6.45, 7) is 0. The van der Waals surface area contributed by atoms with Crippen LogP contribution in [-0.4, -0.2) is 28.6 Å². The molecule has 0 amide bonds.